The van der Waals surface area contributed by atoms with Crippen LogP contribution in [0, 0.1) is 0 Å². The van der Waals surface area contributed by atoms with Gasteiger partial charge in [-0.2, -0.15) is 5.10 Å². The van der Waals surface area contributed by atoms with Gasteiger partial charge in [-0.05, 0) is 31.2 Å². The van der Waals surface area contributed by atoms with Crippen molar-refractivity contribution < 1.29 is 13.9 Å². The molecule has 1 aromatic heterocycles. The summed E-state index contributed by atoms with van der Waals surface area (Å²) < 4.78 is 10.4. The molecule has 19 heavy (non-hydrogen) atoms. The number of ether oxygens (including phenoxy) is 1. The van der Waals surface area contributed by atoms with Crippen molar-refractivity contribution in [3.05, 3.63) is 54.5 Å². The van der Waals surface area contributed by atoms with Crippen LogP contribution < -0.4 is 10.2 Å². The second-order valence-corrected chi connectivity index (χ2v) is 3.81. The fourth-order valence-corrected chi connectivity index (χ4v) is 1.38. The lowest BCUT2D eigenvalue weighted by Gasteiger charge is -2.04. The first-order chi connectivity index (χ1) is 9.25. The molecule has 0 atom stereocenters. The number of rotatable bonds is 5. The van der Waals surface area contributed by atoms with Crippen LogP contribution in [-0.2, 0) is 4.79 Å². The molecule has 0 aliphatic heterocycles. The molecule has 1 N–H and O–H groups in total. The fourth-order valence-electron chi connectivity index (χ4n) is 1.38. The average molecular weight is 258 g/mol. The summed E-state index contributed by atoms with van der Waals surface area (Å²) >= 11 is 0. The van der Waals surface area contributed by atoms with Crippen LogP contribution >= 0.6 is 0 Å². The van der Waals surface area contributed by atoms with Gasteiger partial charge >= 0.3 is 0 Å². The van der Waals surface area contributed by atoms with E-state index >= 15 is 0 Å². The molecule has 0 aliphatic carbocycles. The summed E-state index contributed by atoms with van der Waals surface area (Å²) in [6.45, 7) is 1.66. The van der Waals surface area contributed by atoms with Gasteiger partial charge in [0.1, 0.15) is 17.2 Å². The molecule has 5 heteroatoms. The van der Waals surface area contributed by atoms with Crippen molar-refractivity contribution >= 4 is 11.6 Å². The van der Waals surface area contributed by atoms with Crippen LogP contribution in [-0.4, -0.2) is 18.2 Å². The largest absolute Gasteiger partial charge is 0.484 e. The predicted octanol–water partition coefficient (Wildman–Crippen LogP) is 2.20. The van der Waals surface area contributed by atoms with Crippen LogP contribution in [0.4, 0.5) is 0 Å². The first kappa shape index (κ1) is 12.9. The van der Waals surface area contributed by atoms with E-state index in [0.717, 1.165) is 0 Å². The molecule has 0 radical (unpaired) electrons. The highest BCUT2D eigenvalue weighted by Gasteiger charge is 2.03. The third-order valence-corrected chi connectivity index (χ3v) is 2.34. The molecule has 5 nitrogen and oxygen atoms in total. The van der Waals surface area contributed by atoms with E-state index in [-0.39, 0.29) is 12.5 Å². The zero-order valence-corrected chi connectivity index (χ0v) is 10.5. The lowest BCUT2D eigenvalue weighted by molar-refractivity contribution is -0.123. The van der Waals surface area contributed by atoms with Gasteiger partial charge in [0.05, 0.1) is 6.26 Å². The van der Waals surface area contributed by atoms with Crippen molar-refractivity contribution in [2.75, 3.05) is 6.61 Å². The van der Waals surface area contributed by atoms with Crippen LogP contribution in [0.15, 0.2) is 58.2 Å². The number of benzene rings is 1. The Labute approximate surface area is 110 Å². The van der Waals surface area contributed by atoms with Crippen LogP contribution in [0.3, 0.4) is 0 Å². The fraction of sp³-hybridized carbons (Fsp3) is 0.143. The Morgan fingerprint density at radius 1 is 1.26 bits per heavy atom. The monoisotopic (exact) mass is 258 g/mol. The van der Waals surface area contributed by atoms with Crippen molar-refractivity contribution in [1.29, 1.82) is 0 Å². The summed E-state index contributed by atoms with van der Waals surface area (Å²) in [6.07, 6.45) is 1.55. The van der Waals surface area contributed by atoms with Gasteiger partial charge in [-0.1, -0.05) is 18.2 Å². The van der Waals surface area contributed by atoms with E-state index in [1.54, 1.807) is 37.5 Å². The molecule has 1 amide bonds. The number of nitrogens with zero attached hydrogens (tertiary/aromatic N) is 1. The Balaban J connectivity index is 1.80. The number of hydrogen-bond donors (Lipinski definition) is 1. The lowest BCUT2D eigenvalue weighted by Crippen LogP contribution is -2.25. The number of carbonyl (C=O) groups excluding carboxylic acids is 1. The second-order valence-electron chi connectivity index (χ2n) is 3.81. The Bertz CT molecular complexity index is 547. The van der Waals surface area contributed by atoms with Gasteiger partial charge in [0.2, 0.25) is 0 Å². The van der Waals surface area contributed by atoms with Crippen molar-refractivity contribution in [3.63, 3.8) is 0 Å². The topological polar surface area (TPSA) is 63.8 Å². The third kappa shape index (κ3) is 3.99. The number of nitrogens with one attached hydrogen (secondary N) is 1. The molecule has 2 aromatic rings. The normalized spacial score (nSPS) is 11.1. The minimum absolute atomic E-state index is 0.0844. The van der Waals surface area contributed by atoms with E-state index in [1.807, 2.05) is 18.2 Å². The molecular weight excluding hydrogens is 244 g/mol. The molecule has 0 saturated heterocycles. The maximum atomic E-state index is 11.5. The molecule has 0 saturated carbocycles. The molecule has 1 aromatic carbocycles. The first-order valence-corrected chi connectivity index (χ1v) is 5.80. The number of carbonyl (C=O) groups is 1. The SMILES string of the molecule is C/C(=N/NC(=O)COc1ccccc1)c1ccco1. The molecule has 0 bridgehead atoms. The Morgan fingerprint density at radius 3 is 2.74 bits per heavy atom. The van der Waals surface area contributed by atoms with E-state index in [9.17, 15) is 4.79 Å². The number of amides is 1. The number of hydrazone groups is 1. The van der Waals surface area contributed by atoms with E-state index in [2.05, 4.69) is 10.5 Å². The van der Waals surface area contributed by atoms with E-state index in [0.29, 0.717) is 17.2 Å². The van der Waals surface area contributed by atoms with Crippen molar-refractivity contribution in [2.24, 2.45) is 5.10 Å². The zero-order chi connectivity index (χ0) is 13.5. The van der Waals surface area contributed by atoms with E-state index in [1.165, 1.54) is 0 Å². The zero-order valence-electron chi connectivity index (χ0n) is 10.5. The van der Waals surface area contributed by atoms with Gasteiger partial charge in [-0.15, -0.1) is 0 Å². The quantitative estimate of drug-likeness (QED) is 0.660. The molecule has 1 heterocycles. The van der Waals surface area contributed by atoms with Crippen LogP contribution in [0.2, 0.25) is 0 Å². The highest BCUT2D eigenvalue weighted by atomic mass is 16.5. The van der Waals surface area contributed by atoms with Crippen LogP contribution in [0.25, 0.3) is 0 Å². The summed E-state index contributed by atoms with van der Waals surface area (Å²) in [5.74, 6) is 0.934. The molecule has 0 spiro atoms. The van der Waals surface area contributed by atoms with E-state index in [4.69, 9.17) is 9.15 Å². The highest BCUT2D eigenvalue weighted by Crippen LogP contribution is 2.07. The van der Waals surface area contributed by atoms with Gasteiger partial charge in [0.25, 0.3) is 5.91 Å². The van der Waals surface area contributed by atoms with E-state index < -0.39 is 0 Å². The van der Waals surface area contributed by atoms with Crippen LogP contribution in [0.5, 0.6) is 5.75 Å². The first-order valence-electron chi connectivity index (χ1n) is 5.80. The molecule has 98 valence electrons. The summed E-state index contributed by atoms with van der Waals surface area (Å²) in [6, 6.07) is 12.7. The van der Waals surface area contributed by atoms with Gasteiger partial charge in [-0.25, -0.2) is 5.43 Å². The number of para-hydroxylation sites is 1. The van der Waals surface area contributed by atoms with Crippen molar-refractivity contribution in [2.45, 2.75) is 6.92 Å². The van der Waals surface area contributed by atoms with Gasteiger partial charge in [-0.3, -0.25) is 4.79 Å². The standard InChI is InChI=1S/C14H14N2O3/c1-11(13-8-5-9-18-13)15-16-14(17)10-19-12-6-3-2-4-7-12/h2-9H,10H2,1H3,(H,16,17)/b15-11-. The van der Waals surface area contributed by atoms with Gasteiger partial charge in [0, 0.05) is 0 Å². The highest BCUT2D eigenvalue weighted by molar-refractivity contribution is 5.96. The minimum Gasteiger partial charge on any atom is -0.484 e. The van der Waals surface area contributed by atoms with Gasteiger partial charge in [0.15, 0.2) is 6.61 Å². The number of hydrogen-bond acceptors (Lipinski definition) is 4. The summed E-state index contributed by atoms with van der Waals surface area (Å²) in [5, 5.41) is 3.92. The van der Waals surface area contributed by atoms with Crippen molar-refractivity contribution in [1.82, 2.24) is 5.43 Å². The smallest absolute Gasteiger partial charge is 0.277 e. The second kappa shape index (κ2) is 6.39. The molecule has 2 rings (SSSR count). The third-order valence-electron chi connectivity index (χ3n) is 2.34. The lowest BCUT2D eigenvalue weighted by atomic mass is 10.3. The maximum absolute atomic E-state index is 11.5. The molecule has 0 unspecified atom stereocenters. The Morgan fingerprint density at radius 2 is 2.05 bits per heavy atom. The molecule has 0 fully saturated rings. The average Bonchev–Trinajstić information content (AvgIpc) is 2.98. The Hall–Kier alpha value is -2.56. The summed E-state index contributed by atoms with van der Waals surface area (Å²) in [5.41, 5.74) is 3.00. The van der Waals surface area contributed by atoms with Crippen LogP contribution in [0.1, 0.15) is 12.7 Å². The maximum Gasteiger partial charge on any atom is 0.277 e. The predicted molar refractivity (Wildman–Crippen MR) is 71.0 cm³/mol. The summed E-state index contributed by atoms with van der Waals surface area (Å²) in [7, 11) is 0. The molecule has 0 aliphatic rings. The van der Waals surface area contributed by atoms with Crippen molar-refractivity contribution in [3.8, 4) is 5.75 Å². The summed E-state index contributed by atoms with van der Waals surface area (Å²) in [4.78, 5) is 11.5. The molecular formula is C14H14N2O3. The Kier molecular flexibility index (Phi) is 4.34. The number of furan rings is 1. The van der Waals surface area contributed by atoms with Gasteiger partial charge < -0.3 is 9.15 Å². The minimum atomic E-state index is -0.324.